The van der Waals surface area contributed by atoms with Crippen molar-refractivity contribution in [3.8, 4) is 5.75 Å². The topological polar surface area (TPSA) is 68.4 Å². The lowest BCUT2D eigenvalue weighted by atomic mass is 10.00. The van der Waals surface area contributed by atoms with Gasteiger partial charge >= 0.3 is 0 Å². The number of anilines is 1. The number of nitrogens with two attached hydrogens (primary N) is 1. The Morgan fingerprint density at radius 1 is 1.33 bits per heavy atom. The number of aryl methyl sites for hydroxylation is 1. The van der Waals surface area contributed by atoms with Crippen LogP contribution in [-0.2, 0) is 0 Å². The van der Waals surface area contributed by atoms with Gasteiger partial charge < -0.3 is 15.6 Å². The van der Waals surface area contributed by atoms with E-state index in [-0.39, 0.29) is 0 Å². The molecule has 4 heteroatoms. The second-order valence-corrected chi connectivity index (χ2v) is 4.11. The number of ether oxygens (including phenoxy) is 1. The van der Waals surface area contributed by atoms with Crippen LogP contribution in [-0.4, -0.2) is 17.2 Å². The van der Waals surface area contributed by atoms with E-state index in [1.54, 1.807) is 25.4 Å². The summed E-state index contributed by atoms with van der Waals surface area (Å²) in [6, 6.07) is 9.07. The van der Waals surface area contributed by atoms with Gasteiger partial charge in [-0.1, -0.05) is 12.1 Å². The molecule has 3 N–H and O–H groups in total. The molecule has 0 bridgehead atoms. The third-order valence-corrected chi connectivity index (χ3v) is 2.90. The summed E-state index contributed by atoms with van der Waals surface area (Å²) in [4.78, 5) is 3.97. The van der Waals surface area contributed by atoms with Gasteiger partial charge in [0.1, 0.15) is 17.7 Å². The van der Waals surface area contributed by atoms with Crippen LogP contribution in [0.2, 0.25) is 0 Å². The highest BCUT2D eigenvalue weighted by Gasteiger charge is 2.14. The number of rotatable bonds is 3. The maximum Gasteiger partial charge on any atom is 0.129 e. The standard InChI is InChI=1S/C14H16N2O2/c1-9-8-10(5-6-12(9)18-2)13(17)11-4-3-7-16-14(11)15/h3-8,13,17H,1-2H3,(H2,15,16). The van der Waals surface area contributed by atoms with Crippen LogP contribution in [0.25, 0.3) is 0 Å². The number of nitrogens with zero attached hydrogens (tertiary/aromatic N) is 1. The summed E-state index contributed by atoms with van der Waals surface area (Å²) in [6.07, 6.45) is 0.827. The van der Waals surface area contributed by atoms with E-state index in [4.69, 9.17) is 10.5 Å². The van der Waals surface area contributed by atoms with Gasteiger partial charge in [-0.25, -0.2) is 4.98 Å². The minimum atomic E-state index is -0.775. The van der Waals surface area contributed by atoms with E-state index in [0.717, 1.165) is 16.9 Å². The van der Waals surface area contributed by atoms with Gasteiger partial charge in [0.05, 0.1) is 7.11 Å². The third-order valence-electron chi connectivity index (χ3n) is 2.90. The first-order valence-corrected chi connectivity index (χ1v) is 5.66. The normalized spacial score (nSPS) is 12.2. The van der Waals surface area contributed by atoms with E-state index in [1.807, 2.05) is 25.1 Å². The Hall–Kier alpha value is -2.07. The Balaban J connectivity index is 2.37. The quantitative estimate of drug-likeness (QED) is 0.867. The average Bonchev–Trinajstić information content (AvgIpc) is 2.38. The largest absolute Gasteiger partial charge is 0.496 e. The smallest absolute Gasteiger partial charge is 0.129 e. The van der Waals surface area contributed by atoms with Crippen molar-refractivity contribution in [3.05, 3.63) is 53.2 Å². The predicted octanol–water partition coefficient (Wildman–Crippen LogP) is 2.06. The van der Waals surface area contributed by atoms with E-state index in [0.29, 0.717) is 11.4 Å². The van der Waals surface area contributed by atoms with Crippen LogP contribution in [0.3, 0.4) is 0 Å². The molecule has 0 spiro atoms. The molecular formula is C14H16N2O2. The van der Waals surface area contributed by atoms with Gasteiger partial charge in [0, 0.05) is 11.8 Å². The Bertz CT molecular complexity index is 555. The van der Waals surface area contributed by atoms with E-state index >= 15 is 0 Å². The Morgan fingerprint density at radius 3 is 2.72 bits per heavy atom. The van der Waals surface area contributed by atoms with E-state index in [9.17, 15) is 5.11 Å². The second kappa shape index (κ2) is 5.06. The third kappa shape index (κ3) is 2.28. The van der Waals surface area contributed by atoms with Crippen molar-refractivity contribution < 1.29 is 9.84 Å². The van der Waals surface area contributed by atoms with Gasteiger partial charge in [-0.2, -0.15) is 0 Å². The molecule has 1 heterocycles. The van der Waals surface area contributed by atoms with E-state index < -0.39 is 6.10 Å². The number of pyridine rings is 1. The molecule has 0 radical (unpaired) electrons. The molecule has 0 aliphatic carbocycles. The summed E-state index contributed by atoms with van der Waals surface area (Å²) in [6.45, 7) is 1.93. The van der Waals surface area contributed by atoms with Crippen LogP contribution < -0.4 is 10.5 Å². The van der Waals surface area contributed by atoms with Crippen molar-refractivity contribution in [1.29, 1.82) is 0 Å². The second-order valence-electron chi connectivity index (χ2n) is 4.11. The van der Waals surface area contributed by atoms with Gasteiger partial charge in [-0.05, 0) is 36.2 Å². The zero-order chi connectivity index (χ0) is 13.1. The van der Waals surface area contributed by atoms with Gasteiger partial charge in [0.25, 0.3) is 0 Å². The monoisotopic (exact) mass is 244 g/mol. The van der Waals surface area contributed by atoms with Gasteiger partial charge in [-0.15, -0.1) is 0 Å². The molecule has 0 saturated carbocycles. The summed E-state index contributed by atoms with van der Waals surface area (Å²) in [5, 5.41) is 10.3. The molecule has 1 aromatic heterocycles. The van der Waals surface area contributed by atoms with Crippen molar-refractivity contribution in [2.75, 3.05) is 12.8 Å². The zero-order valence-corrected chi connectivity index (χ0v) is 10.4. The average molecular weight is 244 g/mol. The minimum absolute atomic E-state index is 0.346. The molecule has 94 valence electrons. The fourth-order valence-electron chi connectivity index (χ4n) is 1.91. The van der Waals surface area contributed by atoms with E-state index in [2.05, 4.69) is 4.98 Å². The fraction of sp³-hybridized carbons (Fsp3) is 0.214. The van der Waals surface area contributed by atoms with Crippen LogP contribution >= 0.6 is 0 Å². The zero-order valence-electron chi connectivity index (χ0n) is 10.4. The fourth-order valence-corrected chi connectivity index (χ4v) is 1.91. The summed E-state index contributed by atoms with van der Waals surface area (Å²) in [5.41, 5.74) is 8.11. The summed E-state index contributed by atoms with van der Waals surface area (Å²) < 4.78 is 5.19. The molecule has 1 aromatic carbocycles. The van der Waals surface area contributed by atoms with Crippen molar-refractivity contribution >= 4 is 5.82 Å². The first-order valence-electron chi connectivity index (χ1n) is 5.66. The van der Waals surface area contributed by atoms with Gasteiger partial charge in [0.2, 0.25) is 0 Å². The molecular weight excluding hydrogens is 228 g/mol. The van der Waals surface area contributed by atoms with Gasteiger partial charge in [-0.3, -0.25) is 0 Å². The lowest BCUT2D eigenvalue weighted by Gasteiger charge is -2.14. The Labute approximate surface area is 106 Å². The molecule has 2 rings (SSSR count). The predicted molar refractivity (Wildman–Crippen MR) is 70.4 cm³/mol. The maximum atomic E-state index is 10.3. The van der Waals surface area contributed by atoms with Crippen LogP contribution in [0.5, 0.6) is 5.75 Å². The first-order chi connectivity index (χ1) is 8.63. The van der Waals surface area contributed by atoms with Crippen LogP contribution in [0, 0.1) is 6.92 Å². The van der Waals surface area contributed by atoms with Crippen molar-refractivity contribution in [2.24, 2.45) is 0 Å². The minimum Gasteiger partial charge on any atom is -0.496 e. The first kappa shape index (κ1) is 12.4. The number of nitrogen functional groups attached to an aromatic ring is 1. The highest BCUT2D eigenvalue weighted by atomic mass is 16.5. The number of aliphatic hydroxyl groups excluding tert-OH is 1. The number of aliphatic hydroxyl groups is 1. The summed E-state index contributed by atoms with van der Waals surface area (Å²) in [7, 11) is 1.62. The Morgan fingerprint density at radius 2 is 2.11 bits per heavy atom. The van der Waals surface area contributed by atoms with Crippen LogP contribution in [0.15, 0.2) is 36.5 Å². The lowest BCUT2D eigenvalue weighted by Crippen LogP contribution is -2.05. The molecule has 2 aromatic rings. The van der Waals surface area contributed by atoms with Crippen molar-refractivity contribution in [2.45, 2.75) is 13.0 Å². The number of aromatic nitrogens is 1. The van der Waals surface area contributed by atoms with Crippen molar-refractivity contribution in [3.63, 3.8) is 0 Å². The molecule has 4 nitrogen and oxygen atoms in total. The molecule has 0 fully saturated rings. The number of hydrogen-bond donors (Lipinski definition) is 2. The van der Waals surface area contributed by atoms with E-state index in [1.165, 1.54) is 0 Å². The molecule has 0 amide bonds. The number of benzene rings is 1. The highest BCUT2D eigenvalue weighted by Crippen LogP contribution is 2.28. The molecule has 0 aliphatic heterocycles. The van der Waals surface area contributed by atoms with Crippen LogP contribution in [0.4, 0.5) is 5.82 Å². The Kier molecular flexibility index (Phi) is 3.48. The molecule has 0 saturated heterocycles. The SMILES string of the molecule is COc1ccc(C(O)c2cccnc2N)cc1C. The summed E-state index contributed by atoms with van der Waals surface area (Å²) in [5.74, 6) is 1.14. The van der Waals surface area contributed by atoms with Crippen molar-refractivity contribution in [1.82, 2.24) is 4.98 Å². The highest BCUT2D eigenvalue weighted by molar-refractivity contribution is 5.46. The van der Waals surface area contributed by atoms with Gasteiger partial charge in [0.15, 0.2) is 0 Å². The number of methoxy groups -OCH3 is 1. The molecule has 0 aliphatic rings. The molecule has 18 heavy (non-hydrogen) atoms. The molecule has 1 unspecified atom stereocenters. The number of hydrogen-bond acceptors (Lipinski definition) is 4. The summed E-state index contributed by atoms with van der Waals surface area (Å²) >= 11 is 0. The lowest BCUT2D eigenvalue weighted by molar-refractivity contribution is 0.220. The maximum absolute atomic E-state index is 10.3. The van der Waals surface area contributed by atoms with Crippen LogP contribution in [0.1, 0.15) is 22.8 Å². The molecule has 1 atom stereocenters.